The number of furan rings is 1. The number of fused-ring (bicyclic) bond motifs is 1. The van der Waals surface area contributed by atoms with Gasteiger partial charge in [-0.3, -0.25) is 9.69 Å². The van der Waals surface area contributed by atoms with Crippen molar-refractivity contribution in [1.82, 2.24) is 5.32 Å². The Bertz CT molecular complexity index is 973. The van der Waals surface area contributed by atoms with E-state index in [0.29, 0.717) is 17.8 Å². The molecule has 1 atom stereocenters. The third kappa shape index (κ3) is 3.40. The Kier molecular flexibility index (Phi) is 5.07. The van der Waals surface area contributed by atoms with Gasteiger partial charge in [0.05, 0.1) is 17.6 Å². The largest absolute Gasteiger partial charge is 0.467 e. The first-order valence-electron chi connectivity index (χ1n) is 11.0. The molecule has 1 unspecified atom stereocenters. The van der Waals surface area contributed by atoms with Crippen molar-refractivity contribution >= 4 is 23.2 Å². The topological polar surface area (TPSA) is 74.6 Å². The molecule has 30 heavy (non-hydrogen) atoms. The Hall–Kier alpha value is -3.02. The predicted molar refractivity (Wildman–Crippen MR) is 115 cm³/mol. The number of Topliss-reactive ketones (excluding diaryl/α,β-unsaturated/α-hetero) is 1. The molecule has 156 valence electrons. The maximum Gasteiger partial charge on any atom is 0.323 e. The molecule has 0 spiro atoms. The van der Waals surface area contributed by atoms with E-state index in [9.17, 15) is 9.59 Å². The Morgan fingerprint density at radius 1 is 1.03 bits per heavy atom. The minimum Gasteiger partial charge on any atom is -0.467 e. The van der Waals surface area contributed by atoms with Gasteiger partial charge in [-0.15, -0.1) is 0 Å². The van der Waals surface area contributed by atoms with E-state index in [0.717, 1.165) is 55.6 Å². The summed E-state index contributed by atoms with van der Waals surface area (Å²) in [5.41, 5.74) is 3.14. The van der Waals surface area contributed by atoms with Crippen LogP contribution in [0.1, 0.15) is 63.2 Å². The summed E-state index contributed by atoms with van der Waals surface area (Å²) in [6.07, 6.45) is 9.18. The van der Waals surface area contributed by atoms with Crippen molar-refractivity contribution in [2.45, 2.75) is 63.5 Å². The van der Waals surface area contributed by atoms with Crippen LogP contribution >= 0.6 is 0 Å². The number of benzene rings is 1. The van der Waals surface area contributed by atoms with Gasteiger partial charge in [0.2, 0.25) is 0 Å². The number of carbonyl (C=O) groups is 2. The number of nitrogens with one attached hydrogen (secondary N) is 2. The minimum absolute atomic E-state index is 0.0772. The zero-order valence-electron chi connectivity index (χ0n) is 17.0. The first-order valence-corrected chi connectivity index (χ1v) is 11.0. The summed E-state index contributed by atoms with van der Waals surface area (Å²) in [4.78, 5) is 28.5. The molecule has 2 amide bonds. The fourth-order valence-corrected chi connectivity index (χ4v) is 4.96. The van der Waals surface area contributed by atoms with E-state index in [2.05, 4.69) is 10.6 Å². The highest BCUT2D eigenvalue weighted by Crippen LogP contribution is 2.44. The molecular weight excluding hydrogens is 378 g/mol. The van der Waals surface area contributed by atoms with Gasteiger partial charge in [0.1, 0.15) is 11.8 Å². The Labute approximate surface area is 176 Å². The zero-order chi connectivity index (χ0) is 20.5. The summed E-state index contributed by atoms with van der Waals surface area (Å²) >= 11 is 0. The number of rotatable bonds is 2. The maximum absolute atomic E-state index is 13.7. The van der Waals surface area contributed by atoms with E-state index in [4.69, 9.17) is 4.42 Å². The van der Waals surface area contributed by atoms with Crippen LogP contribution in [-0.4, -0.2) is 17.9 Å². The Morgan fingerprint density at radius 3 is 2.67 bits per heavy atom. The Morgan fingerprint density at radius 2 is 1.87 bits per heavy atom. The smallest absolute Gasteiger partial charge is 0.323 e. The first kappa shape index (κ1) is 19.0. The van der Waals surface area contributed by atoms with Crippen LogP contribution in [0.25, 0.3) is 0 Å². The summed E-state index contributed by atoms with van der Waals surface area (Å²) in [6.45, 7) is 0. The van der Waals surface area contributed by atoms with Crippen LogP contribution in [0.3, 0.4) is 0 Å². The molecule has 2 heterocycles. The van der Waals surface area contributed by atoms with Crippen LogP contribution in [-0.2, 0) is 4.79 Å². The second-order valence-electron chi connectivity index (χ2n) is 8.38. The second-order valence-corrected chi connectivity index (χ2v) is 8.38. The van der Waals surface area contributed by atoms with Crippen molar-refractivity contribution in [3.05, 3.63) is 59.7 Å². The number of hydrogen-bond acceptors (Lipinski definition) is 4. The quantitative estimate of drug-likeness (QED) is 0.711. The highest BCUT2D eigenvalue weighted by molar-refractivity contribution is 6.05. The van der Waals surface area contributed by atoms with Crippen LogP contribution in [0.5, 0.6) is 0 Å². The van der Waals surface area contributed by atoms with E-state index in [1.54, 1.807) is 11.2 Å². The lowest BCUT2D eigenvalue weighted by Crippen LogP contribution is -2.48. The third-order valence-corrected chi connectivity index (χ3v) is 6.40. The zero-order valence-corrected chi connectivity index (χ0v) is 17.0. The molecular formula is C24H27N3O3. The highest BCUT2D eigenvalue weighted by Gasteiger charge is 2.41. The van der Waals surface area contributed by atoms with Crippen molar-refractivity contribution in [3.8, 4) is 0 Å². The molecule has 0 saturated heterocycles. The number of ketones is 1. The molecule has 1 aliphatic heterocycles. The second kappa shape index (κ2) is 8.01. The molecule has 1 aromatic heterocycles. The van der Waals surface area contributed by atoms with Gasteiger partial charge < -0.3 is 15.1 Å². The lowest BCUT2D eigenvalue weighted by atomic mass is 9.88. The molecule has 2 N–H and O–H groups in total. The standard InChI is InChI=1S/C24H27N3O3/c28-20-13-6-11-18-22(20)23(21-14-7-15-30-21)27(19-12-5-4-10-17(19)26-18)24(29)25-16-8-2-1-3-9-16/h4-5,7,10,12,14-16,23,26H,1-3,6,8-9,11,13H2,(H,25,29). The number of amides is 2. The predicted octanol–water partition coefficient (Wildman–Crippen LogP) is 5.30. The average Bonchev–Trinajstić information content (AvgIpc) is 3.24. The summed E-state index contributed by atoms with van der Waals surface area (Å²) < 4.78 is 5.78. The van der Waals surface area contributed by atoms with Gasteiger partial charge in [0.25, 0.3) is 0 Å². The lowest BCUT2D eigenvalue weighted by molar-refractivity contribution is -0.116. The van der Waals surface area contributed by atoms with Gasteiger partial charge in [-0.05, 0) is 49.9 Å². The fraction of sp³-hybridized carbons (Fsp3) is 0.417. The van der Waals surface area contributed by atoms with Gasteiger partial charge in [-0.25, -0.2) is 4.79 Å². The van der Waals surface area contributed by atoms with Gasteiger partial charge in [0.15, 0.2) is 5.78 Å². The van der Waals surface area contributed by atoms with E-state index in [1.165, 1.54) is 6.42 Å². The van der Waals surface area contributed by atoms with Crippen LogP contribution < -0.4 is 15.5 Å². The number of para-hydroxylation sites is 2. The molecule has 1 fully saturated rings. The van der Waals surface area contributed by atoms with Gasteiger partial charge in [0, 0.05) is 23.7 Å². The number of allylic oxidation sites excluding steroid dienone is 1. The monoisotopic (exact) mass is 405 g/mol. The minimum atomic E-state index is -0.581. The van der Waals surface area contributed by atoms with Crippen molar-refractivity contribution in [3.63, 3.8) is 0 Å². The summed E-state index contributed by atoms with van der Waals surface area (Å²) in [5.74, 6) is 0.684. The molecule has 6 heteroatoms. The van der Waals surface area contributed by atoms with Crippen LogP contribution in [0.2, 0.25) is 0 Å². The van der Waals surface area contributed by atoms with E-state index in [1.807, 2.05) is 36.4 Å². The van der Waals surface area contributed by atoms with E-state index < -0.39 is 6.04 Å². The van der Waals surface area contributed by atoms with E-state index >= 15 is 0 Å². The van der Waals surface area contributed by atoms with Crippen molar-refractivity contribution in [2.75, 3.05) is 10.2 Å². The number of nitrogens with zero attached hydrogens (tertiary/aromatic N) is 1. The molecule has 0 bridgehead atoms. The summed E-state index contributed by atoms with van der Waals surface area (Å²) in [7, 11) is 0. The number of urea groups is 1. The Balaban J connectivity index is 1.63. The third-order valence-electron chi connectivity index (χ3n) is 6.40. The van der Waals surface area contributed by atoms with Gasteiger partial charge >= 0.3 is 6.03 Å². The number of carbonyl (C=O) groups excluding carboxylic acids is 2. The van der Waals surface area contributed by atoms with Crippen molar-refractivity contribution in [1.29, 1.82) is 0 Å². The molecule has 0 radical (unpaired) electrons. The van der Waals surface area contributed by atoms with Crippen molar-refractivity contribution in [2.24, 2.45) is 0 Å². The fourth-order valence-electron chi connectivity index (χ4n) is 4.96. The maximum atomic E-state index is 13.7. The van der Waals surface area contributed by atoms with Crippen LogP contribution in [0, 0.1) is 0 Å². The number of anilines is 2. The molecule has 2 aromatic rings. The van der Waals surface area contributed by atoms with Crippen LogP contribution in [0.15, 0.2) is 58.3 Å². The number of hydrogen-bond donors (Lipinski definition) is 2. The molecule has 5 rings (SSSR count). The highest BCUT2D eigenvalue weighted by atomic mass is 16.3. The SMILES string of the molecule is O=C1CCCC2=C1C(c1ccco1)N(C(=O)NC1CCCCC1)c1ccccc1N2. The van der Waals surface area contributed by atoms with Crippen molar-refractivity contribution < 1.29 is 14.0 Å². The van der Waals surface area contributed by atoms with Crippen LogP contribution in [0.4, 0.5) is 16.2 Å². The average molecular weight is 405 g/mol. The summed E-state index contributed by atoms with van der Waals surface area (Å²) in [6, 6.07) is 10.8. The molecule has 1 saturated carbocycles. The molecule has 1 aromatic carbocycles. The van der Waals surface area contributed by atoms with Gasteiger partial charge in [-0.2, -0.15) is 0 Å². The lowest BCUT2D eigenvalue weighted by Gasteiger charge is -2.34. The molecule has 6 nitrogen and oxygen atoms in total. The normalized spacial score (nSPS) is 22.1. The van der Waals surface area contributed by atoms with Gasteiger partial charge in [-0.1, -0.05) is 31.4 Å². The molecule has 2 aliphatic carbocycles. The first-order chi connectivity index (χ1) is 14.7. The summed E-state index contributed by atoms with van der Waals surface area (Å²) in [5, 5.41) is 6.71. The molecule has 3 aliphatic rings. The van der Waals surface area contributed by atoms with E-state index in [-0.39, 0.29) is 17.9 Å².